The summed E-state index contributed by atoms with van der Waals surface area (Å²) >= 11 is 0. The van der Waals surface area contributed by atoms with E-state index in [4.69, 9.17) is 4.74 Å². The molecular formula is C13H23ClN4O3S. The van der Waals surface area contributed by atoms with Crippen molar-refractivity contribution in [2.45, 2.75) is 24.1 Å². The SMILES string of the molecule is Cl.Cn1ccnc1C1CNCCN1S(=O)(=O)C1CCCOC1. The standard InChI is InChI=1S/C13H22N4O3S.ClH/c1-16-6-5-15-13(16)12-9-14-4-7-17(12)21(18,19)11-3-2-8-20-10-11;/h5-6,11-12,14H,2-4,7-10H2,1H3;1H. The quantitative estimate of drug-likeness (QED) is 0.848. The normalized spacial score (nSPS) is 27.3. The lowest BCUT2D eigenvalue weighted by molar-refractivity contribution is 0.0962. The Kier molecular flexibility index (Phi) is 5.84. The van der Waals surface area contributed by atoms with Gasteiger partial charge in [0, 0.05) is 45.7 Å². The first-order valence-electron chi connectivity index (χ1n) is 7.37. The van der Waals surface area contributed by atoms with Crippen LogP contribution in [-0.2, 0) is 21.8 Å². The molecule has 0 aromatic carbocycles. The van der Waals surface area contributed by atoms with Crippen molar-refractivity contribution >= 4 is 22.4 Å². The minimum atomic E-state index is -3.36. The number of aromatic nitrogens is 2. The number of aryl methyl sites for hydroxylation is 1. The highest BCUT2D eigenvalue weighted by Gasteiger charge is 2.40. The van der Waals surface area contributed by atoms with Crippen LogP contribution in [0.15, 0.2) is 12.4 Å². The molecule has 1 N–H and O–H groups in total. The second-order valence-electron chi connectivity index (χ2n) is 5.61. The van der Waals surface area contributed by atoms with Gasteiger partial charge in [-0.3, -0.25) is 0 Å². The molecule has 0 aliphatic carbocycles. The molecule has 3 heterocycles. The molecule has 22 heavy (non-hydrogen) atoms. The Morgan fingerprint density at radius 3 is 2.91 bits per heavy atom. The lowest BCUT2D eigenvalue weighted by atomic mass is 10.2. The second kappa shape index (κ2) is 7.27. The highest BCUT2D eigenvalue weighted by Crippen LogP contribution is 2.28. The zero-order valence-electron chi connectivity index (χ0n) is 12.6. The van der Waals surface area contributed by atoms with Crippen LogP contribution in [0, 0.1) is 0 Å². The van der Waals surface area contributed by atoms with Gasteiger partial charge in [-0.25, -0.2) is 13.4 Å². The molecule has 9 heteroatoms. The fourth-order valence-corrected chi connectivity index (χ4v) is 5.03. The number of piperazine rings is 1. The molecule has 0 radical (unpaired) electrons. The summed E-state index contributed by atoms with van der Waals surface area (Å²) in [6.45, 7) is 2.72. The third kappa shape index (κ3) is 3.30. The Morgan fingerprint density at radius 2 is 2.27 bits per heavy atom. The van der Waals surface area contributed by atoms with Gasteiger partial charge >= 0.3 is 0 Å². The van der Waals surface area contributed by atoms with Crippen LogP contribution in [0.25, 0.3) is 0 Å². The van der Waals surface area contributed by atoms with E-state index in [2.05, 4.69) is 10.3 Å². The third-order valence-electron chi connectivity index (χ3n) is 4.22. The summed E-state index contributed by atoms with van der Waals surface area (Å²) in [6.07, 6.45) is 5.04. The van der Waals surface area contributed by atoms with Gasteiger partial charge in [0.2, 0.25) is 10.0 Å². The van der Waals surface area contributed by atoms with Crippen molar-refractivity contribution in [2.75, 3.05) is 32.8 Å². The minimum Gasteiger partial charge on any atom is -0.380 e. The van der Waals surface area contributed by atoms with Gasteiger partial charge in [0.15, 0.2) is 0 Å². The predicted octanol–water partition coefficient (Wildman–Crippen LogP) is 0.297. The maximum absolute atomic E-state index is 12.9. The lowest BCUT2D eigenvalue weighted by Crippen LogP contribution is -2.53. The number of halogens is 1. The van der Waals surface area contributed by atoms with E-state index in [0.29, 0.717) is 39.3 Å². The summed E-state index contributed by atoms with van der Waals surface area (Å²) in [5.41, 5.74) is 0. The van der Waals surface area contributed by atoms with Gasteiger partial charge in [0.05, 0.1) is 17.9 Å². The van der Waals surface area contributed by atoms with E-state index in [1.165, 1.54) is 0 Å². The molecule has 2 aliphatic rings. The van der Waals surface area contributed by atoms with Crippen molar-refractivity contribution in [3.8, 4) is 0 Å². The maximum atomic E-state index is 12.9. The molecule has 2 fully saturated rings. The summed E-state index contributed by atoms with van der Waals surface area (Å²) < 4.78 is 34.7. The highest BCUT2D eigenvalue weighted by molar-refractivity contribution is 7.89. The zero-order valence-corrected chi connectivity index (χ0v) is 14.3. The van der Waals surface area contributed by atoms with Crippen molar-refractivity contribution in [3.05, 3.63) is 18.2 Å². The molecule has 2 unspecified atom stereocenters. The minimum absolute atomic E-state index is 0. The molecule has 0 bridgehead atoms. The number of ether oxygens (including phenoxy) is 1. The fourth-order valence-electron chi connectivity index (χ4n) is 3.05. The first-order chi connectivity index (χ1) is 10.1. The largest absolute Gasteiger partial charge is 0.380 e. The number of nitrogens with one attached hydrogen (secondary N) is 1. The molecule has 1 aromatic rings. The first-order valence-corrected chi connectivity index (χ1v) is 8.87. The van der Waals surface area contributed by atoms with Crippen LogP contribution in [0.3, 0.4) is 0 Å². The van der Waals surface area contributed by atoms with Gasteiger partial charge < -0.3 is 14.6 Å². The fraction of sp³-hybridized carbons (Fsp3) is 0.769. The number of hydrogen-bond donors (Lipinski definition) is 1. The van der Waals surface area contributed by atoms with Crippen molar-refractivity contribution < 1.29 is 13.2 Å². The smallest absolute Gasteiger partial charge is 0.220 e. The van der Waals surface area contributed by atoms with E-state index in [9.17, 15) is 8.42 Å². The predicted molar refractivity (Wildman–Crippen MR) is 85.5 cm³/mol. The number of rotatable bonds is 3. The molecule has 2 atom stereocenters. The Balaban J connectivity index is 0.00000176. The van der Waals surface area contributed by atoms with Gasteiger partial charge in [-0.05, 0) is 12.8 Å². The van der Waals surface area contributed by atoms with E-state index >= 15 is 0 Å². The Bertz CT molecular complexity index is 586. The average Bonchev–Trinajstić information content (AvgIpc) is 2.94. The van der Waals surface area contributed by atoms with Crippen molar-refractivity contribution in [3.63, 3.8) is 0 Å². The molecule has 2 saturated heterocycles. The van der Waals surface area contributed by atoms with E-state index in [1.807, 2.05) is 17.8 Å². The van der Waals surface area contributed by atoms with Crippen molar-refractivity contribution in [1.29, 1.82) is 0 Å². The summed E-state index contributed by atoms with van der Waals surface area (Å²) in [5.74, 6) is 0.780. The van der Waals surface area contributed by atoms with Gasteiger partial charge in [-0.2, -0.15) is 4.31 Å². The van der Waals surface area contributed by atoms with Crippen LogP contribution in [-0.4, -0.2) is 60.4 Å². The van der Waals surface area contributed by atoms with Gasteiger partial charge in [-0.1, -0.05) is 0 Å². The van der Waals surface area contributed by atoms with Gasteiger partial charge in [0.1, 0.15) is 5.82 Å². The number of sulfonamides is 1. The van der Waals surface area contributed by atoms with Crippen LogP contribution in [0.1, 0.15) is 24.7 Å². The molecule has 0 spiro atoms. The molecule has 0 amide bonds. The Morgan fingerprint density at radius 1 is 1.45 bits per heavy atom. The van der Waals surface area contributed by atoms with E-state index in [0.717, 1.165) is 12.2 Å². The van der Waals surface area contributed by atoms with E-state index in [-0.39, 0.29) is 18.4 Å². The summed E-state index contributed by atoms with van der Waals surface area (Å²) in [6, 6.07) is -0.245. The molecular weight excluding hydrogens is 328 g/mol. The van der Waals surface area contributed by atoms with Gasteiger partial charge in [-0.15, -0.1) is 12.4 Å². The van der Waals surface area contributed by atoms with Crippen LogP contribution < -0.4 is 5.32 Å². The topological polar surface area (TPSA) is 76.5 Å². The molecule has 0 saturated carbocycles. The van der Waals surface area contributed by atoms with Crippen molar-refractivity contribution in [1.82, 2.24) is 19.2 Å². The summed E-state index contributed by atoms with van der Waals surface area (Å²) in [7, 11) is -1.47. The van der Waals surface area contributed by atoms with Crippen LogP contribution >= 0.6 is 12.4 Å². The number of nitrogens with zero attached hydrogens (tertiary/aromatic N) is 3. The maximum Gasteiger partial charge on any atom is 0.220 e. The molecule has 7 nitrogen and oxygen atoms in total. The monoisotopic (exact) mass is 350 g/mol. The number of hydrogen-bond acceptors (Lipinski definition) is 5. The van der Waals surface area contributed by atoms with Gasteiger partial charge in [0.25, 0.3) is 0 Å². The average molecular weight is 351 g/mol. The molecule has 1 aromatic heterocycles. The zero-order chi connectivity index (χ0) is 14.9. The Labute approximate surface area is 137 Å². The second-order valence-corrected chi connectivity index (χ2v) is 7.78. The van der Waals surface area contributed by atoms with Crippen molar-refractivity contribution in [2.24, 2.45) is 7.05 Å². The molecule has 126 valence electrons. The first kappa shape index (κ1) is 17.7. The lowest BCUT2D eigenvalue weighted by Gasteiger charge is -2.37. The van der Waals surface area contributed by atoms with Crippen LogP contribution in [0.4, 0.5) is 0 Å². The third-order valence-corrected chi connectivity index (χ3v) is 6.52. The highest BCUT2D eigenvalue weighted by atomic mass is 35.5. The van der Waals surface area contributed by atoms with Crippen LogP contribution in [0.5, 0.6) is 0 Å². The summed E-state index contributed by atoms with van der Waals surface area (Å²) in [5, 5.41) is 2.84. The Hall–Kier alpha value is -0.670. The molecule has 3 rings (SSSR count). The van der Waals surface area contributed by atoms with E-state index in [1.54, 1.807) is 10.5 Å². The van der Waals surface area contributed by atoms with Crippen LogP contribution in [0.2, 0.25) is 0 Å². The number of imidazole rings is 1. The molecule has 2 aliphatic heterocycles. The van der Waals surface area contributed by atoms with E-state index < -0.39 is 15.3 Å². The summed E-state index contributed by atoms with van der Waals surface area (Å²) in [4.78, 5) is 4.33.